The van der Waals surface area contributed by atoms with Crippen LogP contribution in [0.15, 0.2) is 36.4 Å². The first-order valence-corrected chi connectivity index (χ1v) is 7.57. The molecule has 0 amide bonds. The number of fused-ring (bicyclic) bond motifs is 1. The van der Waals surface area contributed by atoms with E-state index in [1.54, 1.807) is 25.1 Å². The maximum absolute atomic E-state index is 13.6. The first-order chi connectivity index (χ1) is 11.1. The molecular weight excluding hydrogens is 295 g/mol. The zero-order valence-electron chi connectivity index (χ0n) is 12.6. The number of hydrogen-bond acceptors (Lipinski definition) is 2. The van der Waals surface area contributed by atoms with Crippen LogP contribution in [-0.4, -0.2) is 20.5 Å². The van der Waals surface area contributed by atoms with Crippen LogP contribution in [0, 0.1) is 12.7 Å². The van der Waals surface area contributed by atoms with Crippen LogP contribution in [0.5, 0.6) is 0 Å². The van der Waals surface area contributed by atoms with Crippen molar-refractivity contribution in [2.75, 3.05) is 0 Å². The lowest BCUT2D eigenvalue weighted by molar-refractivity contribution is 0.0692. The first kappa shape index (κ1) is 13.9. The van der Waals surface area contributed by atoms with Crippen molar-refractivity contribution in [1.82, 2.24) is 9.38 Å². The maximum atomic E-state index is 13.6. The highest BCUT2D eigenvalue weighted by Gasteiger charge is 2.29. The van der Waals surface area contributed by atoms with Crippen molar-refractivity contribution in [3.8, 4) is 11.3 Å². The molecule has 1 saturated carbocycles. The number of pyridine rings is 1. The number of rotatable bonds is 3. The van der Waals surface area contributed by atoms with Crippen LogP contribution >= 0.6 is 0 Å². The Labute approximate surface area is 132 Å². The fraction of sp³-hybridized carbons (Fsp3) is 0.222. The monoisotopic (exact) mass is 310 g/mol. The van der Waals surface area contributed by atoms with Crippen molar-refractivity contribution in [2.24, 2.45) is 0 Å². The molecule has 0 aliphatic heterocycles. The minimum absolute atomic E-state index is 0.00380. The van der Waals surface area contributed by atoms with E-state index in [0.29, 0.717) is 28.4 Å². The van der Waals surface area contributed by atoms with Crippen LogP contribution in [0.3, 0.4) is 0 Å². The lowest BCUT2D eigenvalue weighted by Gasteiger charge is -2.10. The number of nitrogens with zero attached hydrogens (tertiary/aromatic N) is 2. The zero-order chi connectivity index (χ0) is 16.1. The van der Waals surface area contributed by atoms with E-state index < -0.39 is 5.97 Å². The molecule has 0 unspecified atom stereocenters. The number of aryl methyl sites for hydroxylation is 1. The Bertz CT molecular complexity index is 942. The van der Waals surface area contributed by atoms with Crippen LogP contribution in [0.2, 0.25) is 0 Å². The summed E-state index contributed by atoms with van der Waals surface area (Å²) in [4.78, 5) is 15.9. The quantitative estimate of drug-likeness (QED) is 0.795. The van der Waals surface area contributed by atoms with Crippen molar-refractivity contribution in [2.45, 2.75) is 25.7 Å². The average molecular weight is 310 g/mol. The Morgan fingerprint density at radius 3 is 2.74 bits per heavy atom. The van der Waals surface area contributed by atoms with E-state index in [1.807, 2.05) is 16.5 Å². The van der Waals surface area contributed by atoms with Gasteiger partial charge in [0.25, 0.3) is 0 Å². The molecule has 4 rings (SSSR count). The number of carboxylic acids is 1. The predicted octanol–water partition coefficient (Wildman–Crippen LogP) is 4.02. The molecule has 1 fully saturated rings. The van der Waals surface area contributed by atoms with Crippen molar-refractivity contribution in [3.05, 3.63) is 59.2 Å². The van der Waals surface area contributed by atoms with E-state index in [-0.39, 0.29) is 11.5 Å². The summed E-state index contributed by atoms with van der Waals surface area (Å²) in [5.74, 6) is -0.941. The largest absolute Gasteiger partial charge is 0.476 e. The van der Waals surface area contributed by atoms with Crippen molar-refractivity contribution < 1.29 is 14.3 Å². The van der Waals surface area contributed by atoms with E-state index >= 15 is 0 Å². The lowest BCUT2D eigenvalue weighted by atomic mass is 10.1. The summed E-state index contributed by atoms with van der Waals surface area (Å²) in [6, 6.07) is 10.4. The number of benzene rings is 1. The molecular formula is C18H15FN2O2. The topological polar surface area (TPSA) is 54.6 Å². The molecule has 1 aliphatic carbocycles. The SMILES string of the molecule is Cc1cc(-c2c(C(=O)O)nc3cccc(C4CC4)n23)ccc1F. The molecule has 3 aromatic rings. The molecule has 2 heterocycles. The normalized spacial score (nSPS) is 14.3. The van der Waals surface area contributed by atoms with E-state index in [2.05, 4.69) is 4.98 Å². The zero-order valence-corrected chi connectivity index (χ0v) is 12.6. The average Bonchev–Trinajstić information content (AvgIpc) is 3.29. The summed E-state index contributed by atoms with van der Waals surface area (Å²) in [6.45, 7) is 1.67. The molecule has 0 atom stereocenters. The van der Waals surface area contributed by atoms with Crippen LogP contribution in [0.1, 0.15) is 40.5 Å². The standard InChI is InChI=1S/C18H15FN2O2/c1-10-9-12(7-8-13(10)19)17-16(18(22)23)20-15-4-2-3-14(21(15)17)11-5-6-11/h2-4,7-9,11H,5-6H2,1H3,(H,22,23). The minimum Gasteiger partial charge on any atom is -0.476 e. The van der Waals surface area contributed by atoms with Gasteiger partial charge in [0.15, 0.2) is 5.69 Å². The second kappa shape index (κ2) is 4.91. The molecule has 2 aromatic heterocycles. The van der Waals surface area contributed by atoms with E-state index in [4.69, 9.17) is 0 Å². The number of carboxylic acid groups (broad SMARTS) is 1. The molecule has 5 heteroatoms. The van der Waals surface area contributed by atoms with Crippen LogP contribution in [0.4, 0.5) is 4.39 Å². The number of aromatic nitrogens is 2. The van der Waals surface area contributed by atoms with Crippen molar-refractivity contribution >= 4 is 11.6 Å². The Balaban J connectivity index is 2.07. The fourth-order valence-electron chi connectivity index (χ4n) is 3.02. The second-order valence-corrected chi connectivity index (χ2v) is 6.00. The van der Waals surface area contributed by atoms with Crippen molar-refractivity contribution in [1.29, 1.82) is 0 Å². The molecule has 0 spiro atoms. The van der Waals surface area contributed by atoms with Gasteiger partial charge in [0.2, 0.25) is 0 Å². The van der Waals surface area contributed by atoms with Gasteiger partial charge in [0.1, 0.15) is 11.5 Å². The first-order valence-electron chi connectivity index (χ1n) is 7.57. The number of imidazole rings is 1. The Morgan fingerprint density at radius 2 is 2.09 bits per heavy atom. The highest BCUT2D eigenvalue weighted by atomic mass is 19.1. The molecule has 0 radical (unpaired) electrons. The van der Waals surface area contributed by atoms with Gasteiger partial charge in [0.05, 0.1) is 5.69 Å². The predicted molar refractivity (Wildman–Crippen MR) is 84.3 cm³/mol. The van der Waals surface area contributed by atoms with Gasteiger partial charge in [-0.3, -0.25) is 4.40 Å². The van der Waals surface area contributed by atoms with Gasteiger partial charge in [-0.15, -0.1) is 0 Å². The van der Waals surface area contributed by atoms with Crippen molar-refractivity contribution in [3.63, 3.8) is 0 Å². The van der Waals surface area contributed by atoms with E-state index in [9.17, 15) is 14.3 Å². The van der Waals surface area contributed by atoms with Gasteiger partial charge >= 0.3 is 5.97 Å². The van der Waals surface area contributed by atoms with Crippen LogP contribution in [-0.2, 0) is 0 Å². The molecule has 4 nitrogen and oxygen atoms in total. The van der Waals surface area contributed by atoms with Gasteiger partial charge in [-0.1, -0.05) is 6.07 Å². The Morgan fingerprint density at radius 1 is 1.30 bits per heavy atom. The molecule has 0 saturated heterocycles. The van der Waals surface area contributed by atoms with E-state index in [0.717, 1.165) is 18.5 Å². The molecule has 1 aromatic carbocycles. The van der Waals surface area contributed by atoms with Gasteiger partial charge in [-0.2, -0.15) is 0 Å². The Hall–Kier alpha value is -2.69. The molecule has 0 bridgehead atoms. The molecule has 23 heavy (non-hydrogen) atoms. The summed E-state index contributed by atoms with van der Waals surface area (Å²) < 4.78 is 15.5. The minimum atomic E-state index is -1.08. The fourth-order valence-corrected chi connectivity index (χ4v) is 3.02. The summed E-state index contributed by atoms with van der Waals surface area (Å²) >= 11 is 0. The highest BCUT2D eigenvalue weighted by Crippen LogP contribution is 2.42. The number of hydrogen-bond donors (Lipinski definition) is 1. The number of aromatic carboxylic acids is 1. The third-order valence-corrected chi connectivity index (χ3v) is 4.30. The third kappa shape index (κ3) is 2.20. The summed E-state index contributed by atoms with van der Waals surface area (Å²) in [7, 11) is 0. The van der Waals surface area contributed by atoms with Gasteiger partial charge in [-0.05, 0) is 61.6 Å². The molecule has 1 N–H and O–H groups in total. The molecule has 116 valence electrons. The molecule has 1 aliphatic rings. The summed E-state index contributed by atoms with van der Waals surface area (Å²) in [6.07, 6.45) is 2.20. The van der Waals surface area contributed by atoms with Gasteiger partial charge in [0, 0.05) is 11.3 Å². The smallest absolute Gasteiger partial charge is 0.356 e. The number of halogens is 1. The Kier molecular flexibility index (Phi) is 2.98. The lowest BCUT2D eigenvalue weighted by Crippen LogP contribution is -2.02. The summed E-state index contributed by atoms with van der Waals surface area (Å²) in [5, 5.41) is 9.55. The van der Waals surface area contributed by atoms with Crippen LogP contribution in [0.25, 0.3) is 16.9 Å². The maximum Gasteiger partial charge on any atom is 0.356 e. The highest BCUT2D eigenvalue weighted by molar-refractivity contribution is 5.94. The van der Waals surface area contributed by atoms with E-state index in [1.165, 1.54) is 6.07 Å². The second-order valence-electron chi connectivity index (χ2n) is 6.00. The number of carbonyl (C=O) groups is 1. The van der Waals surface area contributed by atoms with Gasteiger partial charge < -0.3 is 5.11 Å². The van der Waals surface area contributed by atoms with Crippen LogP contribution < -0.4 is 0 Å². The summed E-state index contributed by atoms with van der Waals surface area (Å²) in [5.41, 5.74) is 3.37. The van der Waals surface area contributed by atoms with Gasteiger partial charge in [-0.25, -0.2) is 14.2 Å². The third-order valence-electron chi connectivity index (χ3n) is 4.30.